The van der Waals surface area contributed by atoms with Gasteiger partial charge < -0.3 is 16.4 Å². The predicted molar refractivity (Wildman–Crippen MR) is 88.9 cm³/mol. The summed E-state index contributed by atoms with van der Waals surface area (Å²) in [6.45, 7) is 5.86. The van der Waals surface area contributed by atoms with Crippen LogP contribution in [-0.2, 0) is 10.3 Å². The SMILES string of the molecule is CC(NC(=O)C(C)(N)c1ccc(Br)cc1)C1CCCNC1. The average Bonchev–Trinajstić information content (AvgIpc) is 2.48. The number of carbonyl (C=O) groups excluding carboxylic acids is 1. The first-order valence-corrected chi connectivity index (χ1v) is 8.27. The summed E-state index contributed by atoms with van der Waals surface area (Å²) in [4.78, 5) is 12.5. The van der Waals surface area contributed by atoms with Crippen molar-refractivity contribution in [3.8, 4) is 0 Å². The number of amides is 1. The molecule has 0 spiro atoms. The summed E-state index contributed by atoms with van der Waals surface area (Å²) in [5.74, 6) is 0.353. The smallest absolute Gasteiger partial charge is 0.244 e. The minimum Gasteiger partial charge on any atom is -0.351 e. The summed E-state index contributed by atoms with van der Waals surface area (Å²) in [5.41, 5.74) is 6.07. The zero-order chi connectivity index (χ0) is 15.5. The van der Waals surface area contributed by atoms with Crippen molar-refractivity contribution in [2.24, 2.45) is 11.7 Å². The minimum absolute atomic E-state index is 0.122. The lowest BCUT2D eigenvalue weighted by molar-refractivity contribution is -0.127. The number of piperidine rings is 1. The molecule has 0 bridgehead atoms. The number of carbonyl (C=O) groups is 1. The Morgan fingerprint density at radius 1 is 1.48 bits per heavy atom. The standard InChI is InChI=1S/C16H24BrN3O/c1-11(12-4-3-9-19-10-12)20-15(21)16(2,18)13-5-7-14(17)8-6-13/h5-8,11-12,19H,3-4,9-10,18H2,1-2H3,(H,20,21). The van der Waals surface area contributed by atoms with E-state index in [4.69, 9.17) is 5.73 Å². The van der Waals surface area contributed by atoms with Crippen LogP contribution >= 0.6 is 15.9 Å². The van der Waals surface area contributed by atoms with Gasteiger partial charge in [-0.15, -0.1) is 0 Å². The number of nitrogens with two attached hydrogens (primary N) is 1. The van der Waals surface area contributed by atoms with Gasteiger partial charge in [0.05, 0.1) is 0 Å². The second-order valence-electron chi connectivity index (χ2n) is 6.08. The third-order valence-corrected chi connectivity index (χ3v) is 4.85. The molecule has 4 nitrogen and oxygen atoms in total. The molecule has 3 unspecified atom stereocenters. The second kappa shape index (κ2) is 6.90. The van der Waals surface area contributed by atoms with Crippen LogP contribution in [0.5, 0.6) is 0 Å². The molecule has 0 aliphatic carbocycles. The molecule has 4 N–H and O–H groups in total. The Bertz CT molecular complexity index is 481. The zero-order valence-electron chi connectivity index (χ0n) is 12.7. The highest BCUT2D eigenvalue weighted by atomic mass is 79.9. The van der Waals surface area contributed by atoms with Crippen LogP contribution in [0.15, 0.2) is 28.7 Å². The molecule has 0 radical (unpaired) electrons. The van der Waals surface area contributed by atoms with E-state index in [2.05, 4.69) is 33.5 Å². The van der Waals surface area contributed by atoms with Crippen LogP contribution in [0.3, 0.4) is 0 Å². The predicted octanol–water partition coefficient (Wildman–Crippen LogP) is 2.13. The molecule has 5 heteroatoms. The first kappa shape index (κ1) is 16.5. The Morgan fingerprint density at radius 3 is 2.71 bits per heavy atom. The molecule has 1 saturated heterocycles. The van der Waals surface area contributed by atoms with Crippen molar-refractivity contribution < 1.29 is 4.79 Å². The highest BCUT2D eigenvalue weighted by molar-refractivity contribution is 9.10. The van der Waals surface area contributed by atoms with E-state index in [1.165, 1.54) is 0 Å². The molecule has 1 amide bonds. The summed E-state index contributed by atoms with van der Waals surface area (Å²) in [6, 6.07) is 7.71. The van der Waals surface area contributed by atoms with Crippen molar-refractivity contribution in [2.45, 2.75) is 38.3 Å². The Hall–Kier alpha value is -0.910. The van der Waals surface area contributed by atoms with Crippen molar-refractivity contribution in [3.63, 3.8) is 0 Å². The molecular formula is C16H24BrN3O. The van der Waals surface area contributed by atoms with E-state index in [9.17, 15) is 4.79 Å². The largest absolute Gasteiger partial charge is 0.351 e. The molecule has 1 aliphatic rings. The van der Waals surface area contributed by atoms with Gasteiger partial charge >= 0.3 is 0 Å². The van der Waals surface area contributed by atoms with Crippen molar-refractivity contribution in [1.82, 2.24) is 10.6 Å². The van der Waals surface area contributed by atoms with E-state index >= 15 is 0 Å². The monoisotopic (exact) mass is 353 g/mol. The van der Waals surface area contributed by atoms with E-state index in [-0.39, 0.29) is 11.9 Å². The Balaban J connectivity index is 2.02. The van der Waals surface area contributed by atoms with E-state index in [0.29, 0.717) is 5.92 Å². The number of halogens is 1. The lowest BCUT2D eigenvalue weighted by Gasteiger charge is -2.32. The van der Waals surface area contributed by atoms with Crippen molar-refractivity contribution >= 4 is 21.8 Å². The van der Waals surface area contributed by atoms with Crippen molar-refractivity contribution in [1.29, 1.82) is 0 Å². The zero-order valence-corrected chi connectivity index (χ0v) is 14.2. The molecule has 1 aliphatic heterocycles. The van der Waals surface area contributed by atoms with Gasteiger partial charge in [0.1, 0.15) is 5.54 Å². The Morgan fingerprint density at radius 2 is 2.14 bits per heavy atom. The fourth-order valence-electron chi connectivity index (χ4n) is 2.71. The summed E-state index contributed by atoms with van der Waals surface area (Å²) < 4.78 is 0.976. The van der Waals surface area contributed by atoms with Gasteiger partial charge in [-0.05, 0) is 63.4 Å². The molecule has 3 atom stereocenters. The third-order valence-electron chi connectivity index (χ3n) is 4.32. The van der Waals surface area contributed by atoms with E-state index < -0.39 is 5.54 Å². The summed E-state index contributed by atoms with van der Waals surface area (Å²) in [5, 5.41) is 6.47. The molecule has 21 heavy (non-hydrogen) atoms. The number of benzene rings is 1. The van der Waals surface area contributed by atoms with Crippen LogP contribution in [0.4, 0.5) is 0 Å². The van der Waals surface area contributed by atoms with Crippen LogP contribution in [-0.4, -0.2) is 25.0 Å². The maximum atomic E-state index is 12.5. The second-order valence-corrected chi connectivity index (χ2v) is 6.99. The first-order chi connectivity index (χ1) is 9.91. The molecule has 0 aromatic heterocycles. The van der Waals surface area contributed by atoms with Gasteiger partial charge in [-0.25, -0.2) is 0 Å². The highest BCUT2D eigenvalue weighted by Gasteiger charge is 2.32. The molecule has 0 saturated carbocycles. The van der Waals surface area contributed by atoms with Gasteiger partial charge in [0, 0.05) is 10.5 Å². The fourth-order valence-corrected chi connectivity index (χ4v) is 2.97. The summed E-state index contributed by atoms with van der Waals surface area (Å²) in [6.07, 6.45) is 2.31. The van der Waals surface area contributed by atoms with Crippen LogP contribution in [0, 0.1) is 5.92 Å². The van der Waals surface area contributed by atoms with Crippen LogP contribution in [0.2, 0.25) is 0 Å². The lowest BCUT2D eigenvalue weighted by atomic mass is 9.89. The van der Waals surface area contributed by atoms with Crippen molar-refractivity contribution in [2.75, 3.05) is 13.1 Å². The molecular weight excluding hydrogens is 330 g/mol. The van der Waals surface area contributed by atoms with Gasteiger partial charge in [-0.3, -0.25) is 4.79 Å². The van der Waals surface area contributed by atoms with E-state index in [1.54, 1.807) is 6.92 Å². The van der Waals surface area contributed by atoms with Gasteiger partial charge in [-0.2, -0.15) is 0 Å². The Kier molecular flexibility index (Phi) is 5.41. The molecule has 2 rings (SSSR count). The number of rotatable bonds is 4. The van der Waals surface area contributed by atoms with Gasteiger partial charge in [0.2, 0.25) is 5.91 Å². The van der Waals surface area contributed by atoms with Gasteiger partial charge in [0.15, 0.2) is 0 Å². The molecule has 1 aromatic rings. The molecule has 1 heterocycles. The normalized spacial score (nSPS) is 23.1. The fraction of sp³-hybridized carbons (Fsp3) is 0.562. The van der Waals surface area contributed by atoms with E-state index in [1.807, 2.05) is 24.3 Å². The minimum atomic E-state index is -1.02. The third kappa shape index (κ3) is 4.05. The Labute approximate surface area is 135 Å². The van der Waals surface area contributed by atoms with Crippen LogP contribution in [0.25, 0.3) is 0 Å². The van der Waals surface area contributed by atoms with Gasteiger partial charge in [-0.1, -0.05) is 28.1 Å². The topological polar surface area (TPSA) is 67.2 Å². The van der Waals surface area contributed by atoms with Crippen molar-refractivity contribution in [3.05, 3.63) is 34.3 Å². The van der Waals surface area contributed by atoms with Crippen LogP contribution < -0.4 is 16.4 Å². The molecule has 1 aromatic carbocycles. The lowest BCUT2D eigenvalue weighted by Crippen LogP contribution is -2.54. The highest BCUT2D eigenvalue weighted by Crippen LogP contribution is 2.22. The number of nitrogens with one attached hydrogen (secondary N) is 2. The van der Waals surface area contributed by atoms with Gasteiger partial charge in [0.25, 0.3) is 0 Å². The number of hydrogen-bond acceptors (Lipinski definition) is 3. The summed E-state index contributed by atoms with van der Waals surface area (Å²) >= 11 is 3.39. The maximum absolute atomic E-state index is 12.5. The quantitative estimate of drug-likeness (QED) is 0.776. The molecule has 1 fully saturated rings. The number of hydrogen-bond donors (Lipinski definition) is 3. The average molecular weight is 354 g/mol. The molecule has 116 valence electrons. The maximum Gasteiger partial charge on any atom is 0.244 e. The van der Waals surface area contributed by atoms with E-state index in [0.717, 1.165) is 36.0 Å². The summed E-state index contributed by atoms with van der Waals surface area (Å²) in [7, 11) is 0. The first-order valence-electron chi connectivity index (χ1n) is 7.48. The van der Waals surface area contributed by atoms with Crippen LogP contribution in [0.1, 0.15) is 32.3 Å².